The second kappa shape index (κ2) is 8.42. The summed E-state index contributed by atoms with van der Waals surface area (Å²) in [7, 11) is 3.11. The number of ether oxygens (including phenoxy) is 3. The number of halogens is 1. The summed E-state index contributed by atoms with van der Waals surface area (Å²) in [6.45, 7) is 0. The van der Waals surface area contributed by atoms with Crippen LogP contribution in [0.25, 0.3) is 0 Å². The second-order valence-corrected chi connectivity index (χ2v) is 8.95. The monoisotopic (exact) mass is 472 g/mol. The zero-order chi connectivity index (χ0) is 21.3. The number of Topliss-reactive ketones (excluding diaryl/α,β-unsaturated/α-hetero) is 1. The molecular weight excluding hydrogens is 448 g/mol. The Hall–Kier alpha value is -2.34. The Kier molecular flexibility index (Phi) is 5.87. The van der Waals surface area contributed by atoms with Crippen LogP contribution in [0.3, 0.4) is 0 Å². The minimum Gasteiger partial charge on any atom is -0.493 e. The van der Waals surface area contributed by atoms with E-state index in [4.69, 9.17) is 14.2 Å². The fourth-order valence-corrected chi connectivity index (χ4v) is 5.26. The van der Waals surface area contributed by atoms with Crippen LogP contribution in [0, 0.1) is 5.41 Å². The van der Waals surface area contributed by atoms with E-state index < -0.39 is 5.41 Å². The van der Waals surface area contributed by atoms with E-state index in [0.717, 1.165) is 42.1 Å². The highest BCUT2D eigenvalue weighted by molar-refractivity contribution is 9.10. The standard InChI is InChI=1S/C24H25BrO5/c1-28-21-8-6-15(12-22(21)29-2)19(26)14-18-17-13-16(25)7-9-20(17)30-23(27)24(18)10-4-3-5-11-24/h6-9,12-13,18H,3-5,10-11,14H2,1-2H3. The van der Waals surface area contributed by atoms with Gasteiger partial charge in [0.2, 0.25) is 0 Å². The Morgan fingerprint density at radius 2 is 1.80 bits per heavy atom. The highest BCUT2D eigenvalue weighted by atomic mass is 79.9. The van der Waals surface area contributed by atoms with Gasteiger partial charge in [-0.3, -0.25) is 9.59 Å². The summed E-state index contributed by atoms with van der Waals surface area (Å²) in [5.74, 6) is 1.22. The van der Waals surface area contributed by atoms with Crippen molar-refractivity contribution in [1.29, 1.82) is 0 Å². The first-order valence-corrected chi connectivity index (χ1v) is 11.0. The molecule has 30 heavy (non-hydrogen) atoms. The average molecular weight is 473 g/mol. The molecule has 1 saturated carbocycles. The third kappa shape index (κ3) is 3.62. The summed E-state index contributed by atoms with van der Waals surface area (Å²) >= 11 is 3.54. The summed E-state index contributed by atoms with van der Waals surface area (Å²) < 4.78 is 17.3. The molecule has 1 aliphatic heterocycles. The zero-order valence-corrected chi connectivity index (χ0v) is 18.8. The minimum absolute atomic E-state index is 0.0217. The number of fused-ring (bicyclic) bond motifs is 1. The SMILES string of the molecule is COc1ccc(C(=O)CC2c3cc(Br)ccc3OC(=O)C23CCCCC3)cc1OC. The lowest BCUT2D eigenvalue weighted by atomic mass is 9.61. The highest BCUT2D eigenvalue weighted by Crippen LogP contribution is 2.55. The number of hydrogen-bond donors (Lipinski definition) is 0. The van der Waals surface area contributed by atoms with Crippen LogP contribution >= 0.6 is 15.9 Å². The summed E-state index contributed by atoms with van der Waals surface area (Å²) in [5, 5.41) is 0. The lowest BCUT2D eigenvalue weighted by molar-refractivity contribution is -0.152. The van der Waals surface area contributed by atoms with Gasteiger partial charge in [-0.25, -0.2) is 0 Å². The molecule has 0 bridgehead atoms. The molecule has 2 aromatic carbocycles. The van der Waals surface area contributed by atoms with Gasteiger partial charge < -0.3 is 14.2 Å². The van der Waals surface area contributed by atoms with Crippen molar-refractivity contribution in [2.45, 2.75) is 44.4 Å². The molecule has 0 radical (unpaired) electrons. The van der Waals surface area contributed by atoms with Crippen LogP contribution in [0.4, 0.5) is 0 Å². The Bertz CT molecular complexity index is 978. The van der Waals surface area contributed by atoms with Gasteiger partial charge in [0.15, 0.2) is 17.3 Å². The van der Waals surface area contributed by atoms with Crippen molar-refractivity contribution in [1.82, 2.24) is 0 Å². The van der Waals surface area contributed by atoms with Crippen LogP contribution < -0.4 is 14.2 Å². The maximum absolute atomic E-state index is 13.3. The second-order valence-electron chi connectivity index (χ2n) is 8.04. The number of esters is 1. The summed E-state index contributed by atoms with van der Waals surface area (Å²) in [5.41, 5.74) is 0.840. The minimum atomic E-state index is -0.641. The number of rotatable bonds is 5. The Morgan fingerprint density at radius 1 is 1.07 bits per heavy atom. The summed E-state index contributed by atoms with van der Waals surface area (Å²) in [4.78, 5) is 26.5. The molecule has 4 rings (SSSR count). The number of ketones is 1. The van der Waals surface area contributed by atoms with E-state index in [1.165, 1.54) is 0 Å². The van der Waals surface area contributed by atoms with E-state index in [1.807, 2.05) is 12.1 Å². The maximum Gasteiger partial charge on any atom is 0.318 e. The molecule has 1 fully saturated rings. The van der Waals surface area contributed by atoms with E-state index in [1.54, 1.807) is 38.5 Å². The van der Waals surface area contributed by atoms with Gasteiger partial charge in [0.25, 0.3) is 0 Å². The molecule has 2 aromatic rings. The molecular formula is C24H25BrO5. The normalized spacial score (nSPS) is 19.7. The van der Waals surface area contributed by atoms with Gasteiger partial charge in [0.1, 0.15) is 5.75 Å². The number of methoxy groups -OCH3 is 2. The van der Waals surface area contributed by atoms with Crippen molar-refractivity contribution in [3.8, 4) is 17.2 Å². The third-order valence-electron chi connectivity index (χ3n) is 6.46. The van der Waals surface area contributed by atoms with E-state index in [9.17, 15) is 9.59 Å². The molecule has 0 saturated heterocycles. The molecule has 0 N–H and O–H groups in total. The Balaban J connectivity index is 1.73. The Morgan fingerprint density at radius 3 is 2.50 bits per heavy atom. The molecule has 158 valence electrons. The number of carbonyl (C=O) groups is 2. The first-order chi connectivity index (χ1) is 14.5. The highest BCUT2D eigenvalue weighted by Gasteiger charge is 2.52. The van der Waals surface area contributed by atoms with Crippen molar-refractivity contribution < 1.29 is 23.8 Å². The fourth-order valence-electron chi connectivity index (χ4n) is 4.88. The van der Waals surface area contributed by atoms with E-state index in [2.05, 4.69) is 15.9 Å². The molecule has 1 heterocycles. The predicted molar refractivity (Wildman–Crippen MR) is 117 cm³/mol. The van der Waals surface area contributed by atoms with Gasteiger partial charge >= 0.3 is 5.97 Å². The average Bonchev–Trinajstić information content (AvgIpc) is 2.77. The fraction of sp³-hybridized carbons (Fsp3) is 0.417. The van der Waals surface area contributed by atoms with E-state index in [-0.39, 0.29) is 24.1 Å². The van der Waals surface area contributed by atoms with Gasteiger partial charge in [-0.15, -0.1) is 0 Å². The van der Waals surface area contributed by atoms with Crippen molar-refractivity contribution in [3.63, 3.8) is 0 Å². The van der Waals surface area contributed by atoms with Gasteiger partial charge in [0.05, 0.1) is 19.6 Å². The lowest BCUT2D eigenvalue weighted by Gasteiger charge is -2.44. The largest absolute Gasteiger partial charge is 0.493 e. The molecule has 1 unspecified atom stereocenters. The number of benzene rings is 2. The molecule has 2 aliphatic rings. The number of hydrogen-bond acceptors (Lipinski definition) is 5. The van der Waals surface area contributed by atoms with Crippen LogP contribution in [0.1, 0.15) is 60.4 Å². The lowest BCUT2D eigenvalue weighted by Crippen LogP contribution is -2.45. The summed E-state index contributed by atoms with van der Waals surface area (Å²) in [6.07, 6.45) is 4.80. The quantitative estimate of drug-likeness (QED) is 0.317. The predicted octanol–water partition coefficient (Wildman–Crippen LogP) is 5.69. The first kappa shape index (κ1) is 20.9. The van der Waals surface area contributed by atoms with Crippen LogP contribution in [0.5, 0.6) is 17.2 Å². The van der Waals surface area contributed by atoms with Crippen LogP contribution in [0.15, 0.2) is 40.9 Å². The molecule has 5 nitrogen and oxygen atoms in total. The van der Waals surface area contributed by atoms with Crippen molar-refractivity contribution in [3.05, 3.63) is 52.0 Å². The Labute approximate surface area is 184 Å². The van der Waals surface area contributed by atoms with Crippen molar-refractivity contribution in [2.24, 2.45) is 5.41 Å². The maximum atomic E-state index is 13.3. The first-order valence-electron chi connectivity index (χ1n) is 10.3. The zero-order valence-electron chi connectivity index (χ0n) is 17.2. The van der Waals surface area contributed by atoms with Crippen molar-refractivity contribution in [2.75, 3.05) is 14.2 Å². The van der Waals surface area contributed by atoms with Crippen LogP contribution in [0.2, 0.25) is 0 Å². The van der Waals surface area contributed by atoms with E-state index >= 15 is 0 Å². The smallest absolute Gasteiger partial charge is 0.318 e. The topological polar surface area (TPSA) is 61.8 Å². The van der Waals surface area contributed by atoms with Gasteiger partial charge in [-0.2, -0.15) is 0 Å². The van der Waals surface area contributed by atoms with Gasteiger partial charge in [-0.05, 0) is 49.2 Å². The molecule has 1 atom stereocenters. The number of carbonyl (C=O) groups excluding carboxylic acids is 2. The van der Waals surface area contributed by atoms with Gasteiger partial charge in [-0.1, -0.05) is 35.2 Å². The third-order valence-corrected chi connectivity index (χ3v) is 6.96. The molecule has 1 spiro atoms. The van der Waals surface area contributed by atoms with E-state index in [0.29, 0.717) is 22.8 Å². The molecule has 0 aromatic heterocycles. The summed E-state index contributed by atoms with van der Waals surface area (Å²) in [6, 6.07) is 10.9. The molecule has 0 amide bonds. The van der Waals surface area contributed by atoms with Gasteiger partial charge in [0, 0.05) is 27.9 Å². The van der Waals surface area contributed by atoms with Crippen LogP contribution in [-0.4, -0.2) is 26.0 Å². The molecule has 1 aliphatic carbocycles. The van der Waals surface area contributed by atoms with Crippen LogP contribution in [-0.2, 0) is 4.79 Å². The van der Waals surface area contributed by atoms with Crippen molar-refractivity contribution >= 4 is 27.7 Å². The molecule has 6 heteroatoms.